The van der Waals surface area contributed by atoms with Gasteiger partial charge >= 0.3 is 6.18 Å². The number of hydrogen-bond acceptors (Lipinski definition) is 3. The van der Waals surface area contributed by atoms with Crippen molar-refractivity contribution in [3.63, 3.8) is 0 Å². The van der Waals surface area contributed by atoms with Crippen molar-refractivity contribution in [2.24, 2.45) is 0 Å². The van der Waals surface area contributed by atoms with Crippen molar-refractivity contribution in [2.45, 2.75) is 6.18 Å². The smallest absolute Gasteiger partial charge is 0.417 e. The first kappa shape index (κ1) is 18.1. The predicted molar refractivity (Wildman–Crippen MR) is 86.7 cm³/mol. The Hall–Kier alpha value is -3.27. The largest absolute Gasteiger partial charge is 0.479 e. The summed E-state index contributed by atoms with van der Waals surface area (Å²) < 4.78 is 44.6. The molecule has 0 spiro atoms. The monoisotopic (exact) mass is 346 g/mol. The molecule has 0 aliphatic rings. The van der Waals surface area contributed by atoms with Gasteiger partial charge in [0.2, 0.25) is 5.91 Å². The zero-order valence-electron chi connectivity index (χ0n) is 12.9. The van der Waals surface area contributed by atoms with Gasteiger partial charge in [0, 0.05) is 11.8 Å². The van der Waals surface area contributed by atoms with E-state index in [1.165, 1.54) is 48.5 Å². The lowest BCUT2D eigenvalue weighted by Gasteiger charge is -2.12. The Morgan fingerprint density at radius 1 is 1.12 bits per heavy atom. The third-order valence-corrected chi connectivity index (χ3v) is 3.09. The number of nitrogens with one attached hydrogen (secondary N) is 1. The van der Waals surface area contributed by atoms with E-state index in [4.69, 9.17) is 10.00 Å². The van der Waals surface area contributed by atoms with Gasteiger partial charge in [0.05, 0.1) is 5.57 Å². The summed E-state index contributed by atoms with van der Waals surface area (Å²) in [5.74, 6) is -0.489. The molecule has 25 heavy (non-hydrogen) atoms. The number of carbonyl (C=O) groups is 1. The van der Waals surface area contributed by atoms with Crippen LogP contribution in [0.25, 0.3) is 5.57 Å². The van der Waals surface area contributed by atoms with Gasteiger partial charge in [-0.2, -0.15) is 18.4 Å². The number of nitrogens with zero attached hydrogens (tertiary/aromatic N) is 1. The molecule has 0 unspecified atom stereocenters. The van der Waals surface area contributed by atoms with Gasteiger partial charge in [0.1, 0.15) is 11.8 Å². The standard InChI is InChI=1S/C18H13F3N2O2/c19-18(20,21)16(13-4-2-1-3-5-13)12-17(24)23-14-6-8-15(9-7-14)25-11-10-22/h1-9,12H,11H2,(H,23,24)/b16-12-. The summed E-state index contributed by atoms with van der Waals surface area (Å²) in [6.45, 7) is -0.125. The second-order valence-corrected chi connectivity index (χ2v) is 4.88. The minimum atomic E-state index is -4.66. The van der Waals surface area contributed by atoms with Crippen LogP contribution in [0.15, 0.2) is 60.7 Å². The molecule has 0 fully saturated rings. The van der Waals surface area contributed by atoms with E-state index in [1.807, 2.05) is 6.07 Å². The minimum Gasteiger partial charge on any atom is -0.479 e. The van der Waals surface area contributed by atoms with Gasteiger partial charge in [0.15, 0.2) is 6.61 Å². The van der Waals surface area contributed by atoms with Crippen molar-refractivity contribution in [1.82, 2.24) is 0 Å². The van der Waals surface area contributed by atoms with E-state index in [2.05, 4.69) is 5.32 Å². The highest BCUT2D eigenvalue weighted by Crippen LogP contribution is 2.33. The van der Waals surface area contributed by atoms with Gasteiger partial charge in [-0.15, -0.1) is 0 Å². The van der Waals surface area contributed by atoms with Gasteiger partial charge in [0.25, 0.3) is 0 Å². The van der Waals surface area contributed by atoms with Gasteiger partial charge in [-0.25, -0.2) is 0 Å². The fourth-order valence-electron chi connectivity index (χ4n) is 2.01. The molecular formula is C18H13F3N2O2. The molecule has 0 aromatic heterocycles. The van der Waals surface area contributed by atoms with Crippen molar-refractivity contribution in [1.29, 1.82) is 5.26 Å². The lowest BCUT2D eigenvalue weighted by molar-refractivity contribution is -0.112. The van der Waals surface area contributed by atoms with E-state index >= 15 is 0 Å². The van der Waals surface area contributed by atoms with E-state index in [-0.39, 0.29) is 12.2 Å². The third-order valence-electron chi connectivity index (χ3n) is 3.09. The lowest BCUT2D eigenvalue weighted by atomic mass is 10.1. The summed E-state index contributed by atoms with van der Waals surface area (Å²) in [5.41, 5.74) is -0.815. The number of amides is 1. The fourth-order valence-corrected chi connectivity index (χ4v) is 2.01. The Morgan fingerprint density at radius 3 is 2.32 bits per heavy atom. The van der Waals surface area contributed by atoms with Crippen molar-refractivity contribution >= 4 is 17.2 Å². The molecule has 0 aliphatic heterocycles. The number of anilines is 1. The van der Waals surface area contributed by atoms with Crippen LogP contribution < -0.4 is 10.1 Å². The van der Waals surface area contributed by atoms with Crippen molar-refractivity contribution in [3.8, 4) is 11.8 Å². The Balaban J connectivity index is 2.15. The first-order valence-corrected chi connectivity index (χ1v) is 7.15. The maximum Gasteiger partial charge on any atom is 0.417 e. The first-order valence-electron chi connectivity index (χ1n) is 7.15. The Bertz CT molecular complexity index is 792. The predicted octanol–water partition coefficient (Wildman–Crippen LogP) is 4.17. The van der Waals surface area contributed by atoms with E-state index in [1.54, 1.807) is 6.07 Å². The molecule has 0 bridgehead atoms. The molecule has 0 heterocycles. The van der Waals surface area contributed by atoms with Crippen LogP contribution in [0.3, 0.4) is 0 Å². The van der Waals surface area contributed by atoms with Crippen molar-refractivity contribution < 1.29 is 22.7 Å². The average molecular weight is 346 g/mol. The first-order chi connectivity index (χ1) is 11.9. The number of halogens is 3. The summed E-state index contributed by atoms with van der Waals surface area (Å²) in [6.07, 6.45) is -4.14. The number of allylic oxidation sites excluding steroid dienone is 1. The SMILES string of the molecule is N#CCOc1ccc(NC(=O)/C=C(/c2ccccc2)C(F)(F)F)cc1. The van der Waals surface area contributed by atoms with Crippen LogP contribution in [-0.2, 0) is 4.79 Å². The Morgan fingerprint density at radius 2 is 1.76 bits per heavy atom. The van der Waals surface area contributed by atoms with E-state index in [0.29, 0.717) is 17.5 Å². The summed E-state index contributed by atoms with van der Waals surface area (Å²) in [5, 5.41) is 10.8. The number of carbonyl (C=O) groups excluding carboxylic acids is 1. The van der Waals surface area contributed by atoms with Gasteiger partial charge in [-0.3, -0.25) is 4.79 Å². The van der Waals surface area contributed by atoms with Crippen LogP contribution in [0, 0.1) is 11.3 Å². The molecule has 2 aromatic rings. The number of hydrogen-bond donors (Lipinski definition) is 1. The van der Waals surface area contributed by atoms with Crippen LogP contribution in [0.1, 0.15) is 5.56 Å². The quantitative estimate of drug-likeness (QED) is 0.827. The van der Waals surface area contributed by atoms with Crippen LogP contribution in [0.2, 0.25) is 0 Å². The fraction of sp³-hybridized carbons (Fsp3) is 0.111. The second-order valence-electron chi connectivity index (χ2n) is 4.88. The van der Waals surface area contributed by atoms with E-state index in [0.717, 1.165) is 0 Å². The molecule has 0 radical (unpaired) electrons. The zero-order chi connectivity index (χ0) is 18.3. The molecule has 7 heteroatoms. The Kier molecular flexibility index (Phi) is 5.79. The highest BCUT2D eigenvalue weighted by atomic mass is 19.4. The molecule has 2 rings (SSSR count). The summed E-state index contributed by atoms with van der Waals surface area (Å²) in [4.78, 5) is 11.9. The summed E-state index contributed by atoms with van der Waals surface area (Å²) in [6, 6.07) is 14.8. The molecule has 0 saturated heterocycles. The maximum absolute atomic E-state index is 13.2. The third kappa shape index (κ3) is 5.39. The van der Waals surface area contributed by atoms with Crippen molar-refractivity contribution in [3.05, 3.63) is 66.2 Å². The second kappa shape index (κ2) is 8.02. The highest BCUT2D eigenvalue weighted by Gasteiger charge is 2.35. The molecule has 1 N–H and O–H groups in total. The zero-order valence-corrected chi connectivity index (χ0v) is 12.9. The molecule has 0 aliphatic carbocycles. The van der Waals surface area contributed by atoms with Crippen LogP contribution >= 0.6 is 0 Å². The van der Waals surface area contributed by atoms with Crippen LogP contribution in [0.4, 0.5) is 18.9 Å². The van der Waals surface area contributed by atoms with Gasteiger partial charge in [-0.1, -0.05) is 30.3 Å². The number of rotatable bonds is 5. The molecule has 0 atom stereocenters. The topological polar surface area (TPSA) is 62.1 Å². The van der Waals surface area contributed by atoms with Crippen LogP contribution in [-0.4, -0.2) is 18.7 Å². The summed E-state index contributed by atoms with van der Waals surface area (Å²) in [7, 11) is 0. The maximum atomic E-state index is 13.2. The lowest BCUT2D eigenvalue weighted by Crippen LogP contribution is -2.16. The summed E-state index contributed by atoms with van der Waals surface area (Å²) >= 11 is 0. The number of nitriles is 1. The van der Waals surface area contributed by atoms with E-state index in [9.17, 15) is 18.0 Å². The Labute approximate surface area is 142 Å². The van der Waals surface area contributed by atoms with Gasteiger partial charge in [-0.05, 0) is 29.8 Å². The average Bonchev–Trinajstić information content (AvgIpc) is 2.59. The number of benzene rings is 2. The van der Waals surface area contributed by atoms with Gasteiger partial charge < -0.3 is 10.1 Å². The van der Waals surface area contributed by atoms with Crippen LogP contribution in [0.5, 0.6) is 5.75 Å². The highest BCUT2D eigenvalue weighted by molar-refractivity contribution is 6.04. The molecule has 0 saturated carbocycles. The minimum absolute atomic E-state index is 0.0922. The molecule has 1 amide bonds. The van der Waals surface area contributed by atoms with Crippen molar-refractivity contribution in [2.75, 3.05) is 11.9 Å². The molecule has 128 valence electrons. The van der Waals surface area contributed by atoms with E-state index < -0.39 is 17.7 Å². The molecular weight excluding hydrogens is 333 g/mol. The molecule has 2 aromatic carbocycles. The number of ether oxygens (including phenoxy) is 1. The molecule has 4 nitrogen and oxygen atoms in total. The normalized spacial score (nSPS) is 11.5. The number of alkyl halides is 3.